The lowest BCUT2D eigenvalue weighted by molar-refractivity contribution is 0.424. The van der Waals surface area contributed by atoms with Gasteiger partial charge in [0.2, 0.25) is 0 Å². The van der Waals surface area contributed by atoms with Gasteiger partial charge >= 0.3 is 0 Å². The molecular formula is C19H32BrN. The Hall–Kier alpha value is -0.340. The molecule has 1 atom stereocenters. The van der Waals surface area contributed by atoms with Crippen LogP contribution in [0.2, 0.25) is 0 Å². The highest BCUT2D eigenvalue weighted by molar-refractivity contribution is 9.10. The molecule has 1 aromatic carbocycles. The summed E-state index contributed by atoms with van der Waals surface area (Å²) < 4.78 is 1.17. The van der Waals surface area contributed by atoms with Crippen LogP contribution in [0.1, 0.15) is 64.4 Å². The molecule has 0 heterocycles. The van der Waals surface area contributed by atoms with Crippen LogP contribution in [-0.4, -0.2) is 13.1 Å². The number of hydrogen-bond acceptors (Lipinski definition) is 1. The summed E-state index contributed by atoms with van der Waals surface area (Å²) in [6, 6.07) is 8.82. The molecule has 0 bridgehead atoms. The Bertz CT molecular complexity index is 347. The molecule has 0 aliphatic rings. The summed E-state index contributed by atoms with van der Waals surface area (Å²) in [5, 5.41) is 3.53. The maximum absolute atomic E-state index is 3.53. The van der Waals surface area contributed by atoms with Crippen LogP contribution in [0.5, 0.6) is 0 Å². The van der Waals surface area contributed by atoms with Gasteiger partial charge in [0.1, 0.15) is 0 Å². The minimum Gasteiger partial charge on any atom is -0.317 e. The Labute approximate surface area is 140 Å². The van der Waals surface area contributed by atoms with E-state index in [4.69, 9.17) is 0 Å². The molecule has 0 aromatic heterocycles. The van der Waals surface area contributed by atoms with Gasteiger partial charge in [-0.05, 0) is 49.5 Å². The van der Waals surface area contributed by atoms with E-state index in [0.717, 1.165) is 19.0 Å². The molecular weight excluding hydrogens is 322 g/mol. The fourth-order valence-electron chi connectivity index (χ4n) is 2.79. The highest BCUT2D eigenvalue weighted by Crippen LogP contribution is 2.18. The quantitative estimate of drug-likeness (QED) is 0.456. The van der Waals surface area contributed by atoms with Crippen molar-refractivity contribution in [2.45, 2.75) is 65.2 Å². The average molecular weight is 354 g/mol. The van der Waals surface area contributed by atoms with E-state index in [1.807, 2.05) is 0 Å². The second-order valence-electron chi connectivity index (χ2n) is 6.06. The number of hydrogen-bond donors (Lipinski definition) is 1. The van der Waals surface area contributed by atoms with E-state index < -0.39 is 0 Å². The lowest BCUT2D eigenvalue weighted by atomic mass is 9.93. The maximum Gasteiger partial charge on any atom is 0.0175 e. The van der Waals surface area contributed by atoms with Gasteiger partial charge in [-0.25, -0.2) is 0 Å². The van der Waals surface area contributed by atoms with Crippen LogP contribution >= 0.6 is 15.9 Å². The summed E-state index contributed by atoms with van der Waals surface area (Å²) in [5.41, 5.74) is 1.46. The molecule has 1 aromatic rings. The molecule has 0 spiro atoms. The highest BCUT2D eigenvalue weighted by Gasteiger charge is 2.09. The molecule has 0 aliphatic carbocycles. The van der Waals surface area contributed by atoms with Crippen LogP contribution < -0.4 is 5.32 Å². The summed E-state index contributed by atoms with van der Waals surface area (Å²) in [4.78, 5) is 0. The molecule has 120 valence electrons. The molecule has 0 radical (unpaired) electrons. The first-order valence-electron chi connectivity index (χ1n) is 8.71. The van der Waals surface area contributed by atoms with Gasteiger partial charge < -0.3 is 5.32 Å². The molecule has 1 N–H and O–H groups in total. The van der Waals surface area contributed by atoms with E-state index in [1.54, 1.807) is 0 Å². The third-order valence-corrected chi connectivity index (χ3v) is 4.62. The molecule has 2 heteroatoms. The van der Waals surface area contributed by atoms with Crippen molar-refractivity contribution in [1.82, 2.24) is 5.32 Å². The fraction of sp³-hybridized carbons (Fsp3) is 0.684. The van der Waals surface area contributed by atoms with Gasteiger partial charge in [-0.1, -0.05) is 80.4 Å². The van der Waals surface area contributed by atoms with Gasteiger partial charge in [0.25, 0.3) is 0 Å². The van der Waals surface area contributed by atoms with Gasteiger partial charge in [-0.3, -0.25) is 0 Å². The van der Waals surface area contributed by atoms with Crippen LogP contribution in [0.4, 0.5) is 0 Å². The third-order valence-electron chi connectivity index (χ3n) is 4.09. The zero-order valence-corrected chi connectivity index (χ0v) is 15.4. The van der Waals surface area contributed by atoms with E-state index in [2.05, 4.69) is 59.4 Å². The molecule has 0 aliphatic heterocycles. The summed E-state index contributed by atoms with van der Waals surface area (Å²) in [6.45, 7) is 6.71. The van der Waals surface area contributed by atoms with Gasteiger partial charge in [-0.2, -0.15) is 0 Å². The smallest absolute Gasteiger partial charge is 0.0175 e. The van der Waals surface area contributed by atoms with E-state index in [9.17, 15) is 0 Å². The molecule has 1 rings (SSSR count). The zero-order chi connectivity index (χ0) is 15.3. The fourth-order valence-corrected chi connectivity index (χ4v) is 3.06. The van der Waals surface area contributed by atoms with Crippen molar-refractivity contribution in [3.8, 4) is 0 Å². The normalized spacial score (nSPS) is 12.5. The van der Waals surface area contributed by atoms with E-state index in [0.29, 0.717) is 0 Å². The van der Waals surface area contributed by atoms with Crippen LogP contribution in [0, 0.1) is 5.92 Å². The third kappa shape index (κ3) is 9.31. The van der Waals surface area contributed by atoms with Gasteiger partial charge in [-0.15, -0.1) is 0 Å². The second kappa shape index (κ2) is 12.2. The lowest BCUT2D eigenvalue weighted by Crippen LogP contribution is -2.24. The summed E-state index contributed by atoms with van der Waals surface area (Å²) in [5.74, 6) is 0.775. The van der Waals surface area contributed by atoms with Gasteiger partial charge in [0.15, 0.2) is 0 Å². The standard InChI is InChI=1S/C19H32BrN/c1-3-5-6-7-8-9-10-18(16-21-4-2)15-17-11-13-19(20)14-12-17/h11-14,18,21H,3-10,15-16H2,1-2H3. The van der Waals surface area contributed by atoms with Crippen LogP contribution in [-0.2, 0) is 6.42 Å². The largest absolute Gasteiger partial charge is 0.317 e. The number of rotatable bonds is 12. The summed E-state index contributed by atoms with van der Waals surface area (Å²) >= 11 is 3.51. The lowest BCUT2D eigenvalue weighted by Gasteiger charge is -2.17. The van der Waals surface area contributed by atoms with Crippen LogP contribution in [0.3, 0.4) is 0 Å². The Morgan fingerprint density at radius 2 is 1.62 bits per heavy atom. The predicted octanol–water partition coefficient (Wildman–Crippen LogP) is 5.97. The first-order valence-corrected chi connectivity index (χ1v) is 9.50. The van der Waals surface area contributed by atoms with Crippen molar-refractivity contribution < 1.29 is 0 Å². The number of halogens is 1. The molecule has 1 nitrogen and oxygen atoms in total. The minimum absolute atomic E-state index is 0.775. The maximum atomic E-state index is 3.53. The Morgan fingerprint density at radius 3 is 2.29 bits per heavy atom. The Balaban J connectivity index is 2.31. The topological polar surface area (TPSA) is 12.0 Å². The van der Waals surface area contributed by atoms with Crippen molar-refractivity contribution in [3.05, 3.63) is 34.3 Å². The molecule has 0 amide bonds. The summed E-state index contributed by atoms with van der Waals surface area (Å²) in [6.07, 6.45) is 10.9. The van der Waals surface area contributed by atoms with Crippen LogP contribution in [0.25, 0.3) is 0 Å². The van der Waals surface area contributed by atoms with Crippen molar-refractivity contribution in [2.75, 3.05) is 13.1 Å². The Morgan fingerprint density at radius 1 is 0.952 bits per heavy atom. The van der Waals surface area contributed by atoms with Crippen molar-refractivity contribution >= 4 is 15.9 Å². The van der Waals surface area contributed by atoms with Crippen molar-refractivity contribution in [2.24, 2.45) is 5.92 Å². The monoisotopic (exact) mass is 353 g/mol. The van der Waals surface area contributed by atoms with Crippen molar-refractivity contribution in [3.63, 3.8) is 0 Å². The first kappa shape index (κ1) is 18.7. The molecule has 0 fully saturated rings. The number of unbranched alkanes of at least 4 members (excludes halogenated alkanes) is 5. The average Bonchev–Trinajstić information content (AvgIpc) is 2.50. The molecule has 0 saturated carbocycles. The summed E-state index contributed by atoms with van der Waals surface area (Å²) in [7, 11) is 0. The number of nitrogens with one attached hydrogen (secondary N) is 1. The van der Waals surface area contributed by atoms with Crippen LogP contribution in [0.15, 0.2) is 28.7 Å². The molecule has 1 unspecified atom stereocenters. The van der Waals surface area contributed by atoms with E-state index in [1.165, 1.54) is 61.4 Å². The molecule has 21 heavy (non-hydrogen) atoms. The first-order chi connectivity index (χ1) is 10.3. The van der Waals surface area contributed by atoms with E-state index in [-0.39, 0.29) is 0 Å². The SMILES string of the molecule is CCCCCCCCC(CNCC)Cc1ccc(Br)cc1. The molecule has 0 saturated heterocycles. The predicted molar refractivity (Wildman–Crippen MR) is 97.9 cm³/mol. The Kier molecular flexibility index (Phi) is 10.9. The zero-order valence-electron chi connectivity index (χ0n) is 13.8. The second-order valence-corrected chi connectivity index (χ2v) is 6.98. The van der Waals surface area contributed by atoms with Crippen molar-refractivity contribution in [1.29, 1.82) is 0 Å². The van der Waals surface area contributed by atoms with Gasteiger partial charge in [0, 0.05) is 4.47 Å². The number of benzene rings is 1. The van der Waals surface area contributed by atoms with Gasteiger partial charge in [0.05, 0.1) is 0 Å². The highest BCUT2D eigenvalue weighted by atomic mass is 79.9. The minimum atomic E-state index is 0.775. The van der Waals surface area contributed by atoms with E-state index >= 15 is 0 Å².